The van der Waals surface area contributed by atoms with Gasteiger partial charge in [0, 0.05) is 12.1 Å². The second kappa shape index (κ2) is 4.70. The lowest BCUT2D eigenvalue weighted by atomic mass is 10.3. The minimum Gasteiger partial charge on any atom is -0.423 e. The predicted molar refractivity (Wildman–Crippen MR) is 56.8 cm³/mol. The third kappa shape index (κ3) is 3.17. The molecule has 0 heterocycles. The highest BCUT2D eigenvalue weighted by Crippen LogP contribution is 2.18. The van der Waals surface area contributed by atoms with E-state index in [0.717, 1.165) is 0 Å². The van der Waals surface area contributed by atoms with Crippen LogP contribution in [-0.2, 0) is 4.79 Å². The number of ether oxygens (including phenoxy) is 1. The predicted octanol–water partition coefficient (Wildman–Crippen LogP) is 2.41. The highest BCUT2D eigenvalue weighted by atomic mass is 79.9. The minimum atomic E-state index is -0.635. The number of nitro groups is 1. The lowest BCUT2D eigenvalue weighted by molar-refractivity contribution is -0.384. The number of non-ortho nitro benzene ring substituents is 1. The van der Waals surface area contributed by atoms with Gasteiger partial charge in [0.1, 0.15) is 5.75 Å². The molecule has 0 N–H and O–H groups in total. The highest BCUT2D eigenvalue weighted by Gasteiger charge is 2.08. The number of esters is 1. The zero-order valence-corrected chi connectivity index (χ0v) is 9.06. The molecule has 1 rings (SSSR count). The Balaban J connectivity index is 2.77. The summed E-state index contributed by atoms with van der Waals surface area (Å²) in [6, 6.07) is 5.18. The third-order valence-corrected chi connectivity index (χ3v) is 1.80. The van der Waals surface area contributed by atoms with Crippen LogP contribution >= 0.6 is 15.9 Å². The summed E-state index contributed by atoms with van der Waals surface area (Å²) in [5, 5.41) is 10.3. The van der Waals surface area contributed by atoms with E-state index in [1.165, 1.54) is 24.3 Å². The van der Waals surface area contributed by atoms with E-state index in [4.69, 9.17) is 4.74 Å². The number of rotatable bonds is 3. The molecule has 1 aromatic carbocycles. The van der Waals surface area contributed by atoms with Crippen LogP contribution in [0, 0.1) is 10.1 Å². The smallest absolute Gasteiger partial charge is 0.350 e. The summed E-state index contributed by atoms with van der Waals surface area (Å²) in [5.41, 5.74) is -0.0625. The highest BCUT2D eigenvalue weighted by molar-refractivity contribution is 9.12. The van der Waals surface area contributed by atoms with Crippen LogP contribution in [0.15, 0.2) is 35.3 Å². The number of hydrogen-bond acceptors (Lipinski definition) is 4. The molecule has 1 aromatic rings. The Morgan fingerprint density at radius 3 is 2.33 bits per heavy atom. The van der Waals surface area contributed by atoms with Gasteiger partial charge < -0.3 is 4.74 Å². The number of nitro benzene ring substituents is 1. The zero-order valence-electron chi connectivity index (χ0n) is 7.47. The number of carbonyl (C=O) groups is 1. The topological polar surface area (TPSA) is 69.4 Å². The van der Waals surface area contributed by atoms with E-state index in [1.54, 1.807) is 0 Å². The van der Waals surface area contributed by atoms with Gasteiger partial charge in [0.25, 0.3) is 5.69 Å². The van der Waals surface area contributed by atoms with Crippen LogP contribution in [0.25, 0.3) is 0 Å². The Bertz CT molecular complexity index is 413. The van der Waals surface area contributed by atoms with Crippen LogP contribution in [0.3, 0.4) is 0 Å². The largest absolute Gasteiger partial charge is 0.423 e. The Hall–Kier alpha value is -1.69. The van der Waals surface area contributed by atoms with E-state index in [1.807, 2.05) is 0 Å². The zero-order chi connectivity index (χ0) is 11.4. The fourth-order valence-electron chi connectivity index (χ4n) is 0.798. The monoisotopic (exact) mass is 271 g/mol. The molecular weight excluding hydrogens is 266 g/mol. The second-order valence-corrected chi connectivity index (χ2v) is 3.50. The summed E-state index contributed by atoms with van der Waals surface area (Å²) in [5.74, 6) is -0.407. The molecule has 0 fully saturated rings. The van der Waals surface area contributed by atoms with Gasteiger partial charge in [0.05, 0.1) is 9.41 Å². The average molecular weight is 272 g/mol. The molecular formula is C9H6BrNO4. The Labute approximate surface area is 93.6 Å². The molecule has 0 saturated heterocycles. The van der Waals surface area contributed by atoms with Crippen LogP contribution in [0.1, 0.15) is 0 Å². The first-order chi connectivity index (χ1) is 7.00. The van der Waals surface area contributed by atoms with Crippen molar-refractivity contribution < 1.29 is 14.5 Å². The average Bonchev–Trinajstić information content (AvgIpc) is 2.18. The lowest BCUT2D eigenvalue weighted by Crippen LogP contribution is -2.06. The van der Waals surface area contributed by atoms with Crippen molar-refractivity contribution >= 4 is 27.6 Å². The van der Waals surface area contributed by atoms with Crippen molar-refractivity contribution in [3.8, 4) is 5.75 Å². The lowest BCUT2D eigenvalue weighted by Gasteiger charge is -2.01. The standard InChI is InChI=1S/C9H6BrNO4/c1-6(10)9(12)15-8-4-2-7(3-5-8)11(13)14/h2-5H,1H2. The van der Waals surface area contributed by atoms with Gasteiger partial charge in [0.15, 0.2) is 0 Å². The van der Waals surface area contributed by atoms with Crippen LogP contribution in [0.2, 0.25) is 0 Å². The summed E-state index contributed by atoms with van der Waals surface area (Å²) in [4.78, 5) is 20.8. The van der Waals surface area contributed by atoms with Gasteiger partial charge in [-0.2, -0.15) is 0 Å². The molecule has 0 spiro atoms. The SMILES string of the molecule is C=C(Br)C(=O)Oc1ccc([N+](=O)[O-])cc1. The fourth-order valence-corrected chi connectivity index (χ4v) is 0.879. The van der Waals surface area contributed by atoms with Gasteiger partial charge in [-0.15, -0.1) is 0 Å². The molecule has 6 heteroatoms. The van der Waals surface area contributed by atoms with E-state index < -0.39 is 10.9 Å². The van der Waals surface area contributed by atoms with Gasteiger partial charge in [-0.25, -0.2) is 4.79 Å². The number of halogens is 1. The maximum absolute atomic E-state index is 11.0. The summed E-state index contributed by atoms with van der Waals surface area (Å²) >= 11 is 2.86. The van der Waals surface area contributed by atoms with Gasteiger partial charge >= 0.3 is 5.97 Å². The number of hydrogen-bond donors (Lipinski definition) is 0. The normalized spacial score (nSPS) is 9.40. The first kappa shape index (κ1) is 11.4. The molecule has 0 unspecified atom stereocenters. The quantitative estimate of drug-likeness (QED) is 0.278. The third-order valence-electron chi connectivity index (χ3n) is 1.48. The van der Waals surface area contributed by atoms with Crippen molar-refractivity contribution in [1.82, 2.24) is 0 Å². The van der Waals surface area contributed by atoms with Gasteiger partial charge in [0.2, 0.25) is 0 Å². The van der Waals surface area contributed by atoms with Crippen molar-refractivity contribution in [3.63, 3.8) is 0 Å². The fraction of sp³-hybridized carbons (Fsp3) is 0. The molecule has 0 bridgehead atoms. The van der Waals surface area contributed by atoms with Crippen LogP contribution in [0.5, 0.6) is 5.75 Å². The summed E-state index contributed by atoms with van der Waals surface area (Å²) in [6.45, 7) is 3.33. The maximum Gasteiger partial charge on any atom is 0.350 e. The Kier molecular flexibility index (Phi) is 3.56. The van der Waals surface area contributed by atoms with Crippen molar-refractivity contribution in [2.45, 2.75) is 0 Å². The summed E-state index contributed by atoms with van der Waals surface area (Å²) < 4.78 is 4.89. The molecule has 0 radical (unpaired) electrons. The van der Waals surface area contributed by atoms with E-state index in [-0.39, 0.29) is 15.9 Å². The molecule has 0 aliphatic rings. The first-order valence-corrected chi connectivity index (χ1v) is 4.61. The van der Waals surface area contributed by atoms with Crippen molar-refractivity contribution in [1.29, 1.82) is 0 Å². The van der Waals surface area contributed by atoms with E-state index in [9.17, 15) is 14.9 Å². The first-order valence-electron chi connectivity index (χ1n) is 3.82. The summed E-state index contributed by atoms with van der Waals surface area (Å²) in [7, 11) is 0. The van der Waals surface area contributed by atoms with Gasteiger partial charge in [-0.1, -0.05) is 6.58 Å². The minimum absolute atomic E-state index is 0.0625. The molecule has 0 aromatic heterocycles. The maximum atomic E-state index is 11.0. The van der Waals surface area contributed by atoms with E-state index in [2.05, 4.69) is 22.5 Å². The van der Waals surface area contributed by atoms with Crippen LogP contribution in [0.4, 0.5) is 5.69 Å². The second-order valence-electron chi connectivity index (χ2n) is 2.55. The van der Waals surface area contributed by atoms with Crippen molar-refractivity contribution in [2.24, 2.45) is 0 Å². The van der Waals surface area contributed by atoms with Crippen molar-refractivity contribution in [2.75, 3.05) is 0 Å². The molecule has 0 saturated carbocycles. The van der Waals surface area contributed by atoms with Gasteiger partial charge in [-0.3, -0.25) is 10.1 Å². The van der Waals surface area contributed by atoms with E-state index >= 15 is 0 Å². The molecule has 0 aliphatic heterocycles. The summed E-state index contributed by atoms with van der Waals surface area (Å²) in [6.07, 6.45) is 0. The van der Waals surface area contributed by atoms with Crippen LogP contribution < -0.4 is 4.74 Å². The van der Waals surface area contributed by atoms with Gasteiger partial charge in [-0.05, 0) is 28.1 Å². The van der Waals surface area contributed by atoms with Crippen LogP contribution in [-0.4, -0.2) is 10.9 Å². The Morgan fingerprint density at radius 1 is 1.40 bits per heavy atom. The Morgan fingerprint density at radius 2 is 1.93 bits per heavy atom. The number of carbonyl (C=O) groups excluding carboxylic acids is 1. The molecule has 15 heavy (non-hydrogen) atoms. The molecule has 5 nitrogen and oxygen atoms in total. The van der Waals surface area contributed by atoms with E-state index in [0.29, 0.717) is 0 Å². The number of benzene rings is 1. The number of nitrogens with zero attached hydrogens (tertiary/aromatic N) is 1. The molecule has 0 aliphatic carbocycles. The molecule has 78 valence electrons. The molecule has 0 atom stereocenters. The molecule has 0 amide bonds. The van der Waals surface area contributed by atoms with Crippen molar-refractivity contribution in [3.05, 3.63) is 45.4 Å².